The molecule has 0 aromatic heterocycles. The van der Waals surface area contributed by atoms with E-state index in [4.69, 9.17) is 0 Å². The summed E-state index contributed by atoms with van der Waals surface area (Å²) in [4.78, 5) is 31.2. The predicted molar refractivity (Wildman–Crippen MR) is 70.6 cm³/mol. The van der Waals surface area contributed by atoms with E-state index in [1.807, 2.05) is 0 Å². The zero-order chi connectivity index (χ0) is 14.7. The summed E-state index contributed by atoms with van der Waals surface area (Å²) in [6, 6.07) is 9.31. The normalized spacial score (nSPS) is 10.0. The Hall–Kier alpha value is -3.09. The molecule has 0 aliphatic heterocycles. The van der Waals surface area contributed by atoms with Gasteiger partial charge >= 0.3 is 0 Å². The lowest BCUT2D eigenvalue weighted by Gasteiger charge is -2.04. The summed E-state index contributed by atoms with van der Waals surface area (Å²) in [5.74, 6) is 0. The van der Waals surface area contributed by atoms with Gasteiger partial charge in [0.25, 0.3) is 11.4 Å². The van der Waals surface area contributed by atoms with Crippen LogP contribution in [0, 0.1) is 20.2 Å². The number of carbonyl (C=O) groups excluding carboxylic acids is 1. The van der Waals surface area contributed by atoms with Crippen molar-refractivity contribution < 1.29 is 14.6 Å². The van der Waals surface area contributed by atoms with Crippen molar-refractivity contribution in [1.29, 1.82) is 0 Å². The SMILES string of the molecule is O=Cc1ccc([N+](=O)[O-])cc1-c1ccc([N+](=O)[O-])cc1. The lowest BCUT2D eigenvalue weighted by Crippen LogP contribution is -1.93. The van der Waals surface area contributed by atoms with Gasteiger partial charge in [0.2, 0.25) is 0 Å². The van der Waals surface area contributed by atoms with Crippen molar-refractivity contribution in [3.05, 3.63) is 68.3 Å². The number of hydrogen-bond donors (Lipinski definition) is 0. The number of rotatable bonds is 4. The van der Waals surface area contributed by atoms with Crippen LogP contribution in [0.4, 0.5) is 11.4 Å². The second-order valence-electron chi connectivity index (χ2n) is 3.95. The van der Waals surface area contributed by atoms with E-state index in [1.54, 1.807) is 0 Å². The smallest absolute Gasteiger partial charge is 0.270 e. The van der Waals surface area contributed by atoms with Gasteiger partial charge < -0.3 is 0 Å². The molecule has 7 nitrogen and oxygen atoms in total. The molecule has 0 heterocycles. The largest absolute Gasteiger partial charge is 0.298 e. The monoisotopic (exact) mass is 272 g/mol. The molecule has 20 heavy (non-hydrogen) atoms. The molecule has 0 radical (unpaired) electrons. The zero-order valence-electron chi connectivity index (χ0n) is 10.1. The highest BCUT2D eigenvalue weighted by Gasteiger charge is 2.13. The summed E-state index contributed by atoms with van der Waals surface area (Å²) in [6.07, 6.45) is 0.584. The molecule has 0 aliphatic rings. The molecule has 0 unspecified atom stereocenters. The molecule has 0 saturated carbocycles. The molecule has 0 aliphatic carbocycles. The fourth-order valence-corrected chi connectivity index (χ4v) is 1.77. The minimum atomic E-state index is -0.566. The van der Waals surface area contributed by atoms with Crippen molar-refractivity contribution in [2.45, 2.75) is 0 Å². The predicted octanol–water partition coefficient (Wildman–Crippen LogP) is 2.98. The Labute approximate surface area is 112 Å². The van der Waals surface area contributed by atoms with Crippen LogP contribution >= 0.6 is 0 Å². The summed E-state index contributed by atoms with van der Waals surface area (Å²) >= 11 is 0. The molecule has 2 aromatic carbocycles. The maximum absolute atomic E-state index is 11.0. The molecule has 0 atom stereocenters. The second kappa shape index (κ2) is 5.27. The molecular formula is C13H8N2O5. The molecule has 2 rings (SSSR count). The Morgan fingerprint density at radius 2 is 1.40 bits per heavy atom. The standard InChI is InChI=1S/C13H8N2O5/c16-8-10-3-6-12(15(19)20)7-13(10)9-1-4-11(5-2-9)14(17)18/h1-8H. The Morgan fingerprint density at radius 3 is 1.90 bits per heavy atom. The third-order valence-electron chi connectivity index (χ3n) is 2.76. The summed E-state index contributed by atoms with van der Waals surface area (Å²) in [6.45, 7) is 0. The summed E-state index contributed by atoms with van der Waals surface area (Å²) in [5.41, 5.74) is 0.908. The minimum absolute atomic E-state index is 0.0909. The van der Waals surface area contributed by atoms with E-state index in [0.717, 1.165) is 0 Å². The number of aldehydes is 1. The number of nitro benzene ring substituents is 2. The first-order valence-electron chi connectivity index (χ1n) is 5.51. The van der Waals surface area contributed by atoms with Crippen LogP contribution in [0.3, 0.4) is 0 Å². The van der Waals surface area contributed by atoms with Crippen LogP contribution in [0.2, 0.25) is 0 Å². The Bertz CT molecular complexity index is 694. The topological polar surface area (TPSA) is 103 Å². The number of carbonyl (C=O) groups is 1. The van der Waals surface area contributed by atoms with Gasteiger partial charge in [0.1, 0.15) is 0 Å². The summed E-state index contributed by atoms with van der Waals surface area (Å²) < 4.78 is 0. The Balaban J connectivity index is 2.54. The van der Waals surface area contributed by atoms with Gasteiger partial charge in [0.05, 0.1) is 9.85 Å². The number of hydrogen-bond acceptors (Lipinski definition) is 5. The van der Waals surface area contributed by atoms with Crippen molar-refractivity contribution in [1.82, 2.24) is 0 Å². The number of nitrogens with zero attached hydrogens (tertiary/aromatic N) is 2. The van der Waals surface area contributed by atoms with Gasteiger partial charge in [-0.05, 0) is 29.3 Å². The maximum atomic E-state index is 11.0. The first-order chi connectivity index (χ1) is 9.52. The fourth-order valence-electron chi connectivity index (χ4n) is 1.77. The lowest BCUT2D eigenvalue weighted by atomic mass is 9.99. The average molecular weight is 272 g/mol. The second-order valence-corrected chi connectivity index (χ2v) is 3.95. The van der Waals surface area contributed by atoms with Crippen molar-refractivity contribution in [3.8, 4) is 11.1 Å². The zero-order valence-corrected chi connectivity index (χ0v) is 10.1. The maximum Gasteiger partial charge on any atom is 0.270 e. The van der Waals surface area contributed by atoms with Crippen LogP contribution in [0.25, 0.3) is 11.1 Å². The van der Waals surface area contributed by atoms with E-state index in [0.29, 0.717) is 17.4 Å². The first kappa shape index (κ1) is 13.3. The molecule has 0 N–H and O–H groups in total. The van der Waals surface area contributed by atoms with E-state index in [-0.39, 0.29) is 16.9 Å². The molecule has 0 bridgehead atoms. The molecule has 2 aromatic rings. The van der Waals surface area contributed by atoms with E-state index >= 15 is 0 Å². The third kappa shape index (κ3) is 2.51. The Kier molecular flexibility index (Phi) is 3.52. The van der Waals surface area contributed by atoms with E-state index in [1.165, 1.54) is 42.5 Å². The number of benzene rings is 2. The summed E-state index contributed by atoms with van der Waals surface area (Å²) in [7, 11) is 0. The Morgan fingerprint density at radius 1 is 0.850 bits per heavy atom. The molecular weight excluding hydrogens is 264 g/mol. The van der Waals surface area contributed by atoms with Gasteiger partial charge in [-0.25, -0.2) is 0 Å². The molecule has 7 heteroatoms. The van der Waals surface area contributed by atoms with Crippen LogP contribution in [0.1, 0.15) is 10.4 Å². The van der Waals surface area contributed by atoms with Gasteiger partial charge in [-0.15, -0.1) is 0 Å². The molecule has 0 saturated heterocycles. The number of non-ortho nitro benzene ring substituents is 2. The van der Waals surface area contributed by atoms with Crippen LogP contribution in [-0.4, -0.2) is 16.1 Å². The first-order valence-corrected chi connectivity index (χ1v) is 5.51. The lowest BCUT2D eigenvalue weighted by molar-refractivity contribution is -0.384. The third-order valence-corrected chi connectivity index (χ3v) is 2.76. The van der Waals surface area contributed by atoms with Gasteiger partial charge in [-0.3, -0.25) is 25.0 Å². The summed E-state index contributed by atoms with van der Waals surface area (Å²) in [5, 5.41) is 21.3. The highest BCUT2D eigenvalue weighted by molar-refractivity contribution is 5.88. The molecule has 100 valence electrons. The highest BCUT2D eigenvalue weighted by atomic mass is 16.6. The minimum Gasteiger partial charge on any atom is -0.298 e. The van der Waals surface area contributed by atoms with Gasteiger partial charge in [0, 0.05) is 29.8 Å². The van der Waals surface area contributed by atoms with Crippen molar-refractivity contribution in [2.24, 2.45) is 0 Å². The quantitative estimate of drug-likeness (QED) is 0.483. The van der Waals surface area contributed by atoms with Crippen LogP contribution < -0.4 is 0 Å². The van der Waals surface area contributed by atoms with Crippen LogP contribution in [-0.2, 0) is 0 Å². The average Bonchev–Trinajstić information content (AvgIpc) is 2.46. The number of nitro groups is 2. The molecule has 0 fully saturated rings. The van der Waals surface area contributed by atoms with Crippen molar-refractivity contribution in [2.75, 3.05) is 0 Å². The molecule has 0 spiro atoms. The van der Waals surface area contributed by atoms with Crippen molar-refractivity contribution in [3.63, 3.8) is 0 Å². The molecule has 0 amide bonds. The highest BCUT2D eigenvalue weighted by Crippen LogP contribution is 2.28. The van der Waals surface area contributed by atoms with Gasteiger partial charge in [0.15, 0.2) is 6.29 Å². The fraction of sp³-hybridized carbons (Fsp3) is 0. The van der Waals surface area contributed by atoms with Gasteiger partial charge in [-0.1, -0.05) is 0 Å². The van der Waals surface area contributed by atoms with Crippen LogP contribution in [0.5, 0.6) is 0 Å². The van der Waals surface area contributed by atoms with Gasteiger partial charge in [-0.2, -0.15) is 0 Å². The van der Waals surface area contributed by atoms with Crippen molar-refractivity contribution >= 4 is 17.7 Å². The van der Waals surface area contributed by atoms with E-state index < -0.39 is 9.85 Å². The van der Waals surface area contributed by atoms with E-state index in [2.05, 4.69) is 0 Å². The van der Waals surface area contributed by atoms with Crippen LogP contribution in [0.15, 0.2) is 42.5 Å². The van der Waals surface area contributed by atoms with E-state index in [9.17, 15) is 25.0 Å².